The molecule has 1 aromatic rings. The molecule has 18 heavy (non-hydrogen) atoms. The van der Waals surface area contributed by atoms with E-state index >= 15 is 0 Å². The van der Waals surface area contributed by atoms with Crippen molar-refractivity contribution in [3.05, 3.63) is 30.3 Å². The van der Waals surface area contributed by atoms with Crippen molar-refractivity contribution < 1.29 is 9.47 Å². The maximum atomic E-state index is 5.17. The number of anilines is 1. The number of hydrazine groups is 1. The molecule has 0 radical (unpaired) electrons. The van der Waals surface area contributed by atoms with E-state index in [0.717, 1.165) is 19.6 Å². The maximum Gasteiger partial charge on any atom is 0.0608 e. The molecular formula is C14H24N2O2. The van der Waals surface area contributed by atoms with Crippen LogP contribution in [0.3, 0.4) is 0 Å². The van der Waals surface area contributed by atoms with Crippen molar-refractivity contribution in [2.75, 3.05) is 52.1 Å². The molecule has 1 rings (SSSR count). The van der Waals surface area contributed by atoms with Crippen LogP contribution >= 0.6 is 0 Å². The standard InChI is InChI=1S/C14H24N2O2/c1-4-16(14-8-6-5-7-9-14)15(10-12-17-2)11-13-18-3/h5-9H,4,10-13H2,1-3H3. The molecule has 0 aliphatic heterocycles. The van der Waals surface area contributed by atoms with Gasteiger partial charge in [0.1, 0.15) is 0 Å². The fraction of sp³-hybridized carbons (Fsp3) is 0.571. The van der Waals surface area contributed by atoms with Crippen molar-refractivity contribution in [3.8, 4) is 0 Å². The SMILES string of the molecule is CCN(c1ccccc1)N(CCOC)CCOC. The first-order valence-corrected chi connectivity index (χ1v) is 6.38. The normalized spacial score (nSPS) is 10.9. The summed E-state index contributed by atoms with van der Waals surface area (Å²) in [4.78, 5) is 0. The van der Waals surface area contributed by atoms with Gasteiger partial charge in [-0.25, -0.2) is 5.01 Å². The van der Waals surface area contributed by atoms with Gasteiger partial charge in [0, 0.05) is 33.9 Å². The van der Waals surface area contributed by atoms with Crippen LogP contribution in [0.4, 0.5) is 5.69 Å². The fourth-order valence-electron chi connectivity index (χ4n) is 1.89. The van der Waals surface area contributed by atoms with E-state index in [0.29, 0.717) is 13.2 Å². The number of hydrogen-bond donors (Lipinski definition) is 0. The zero-order chi connectivity index (χ0) is 13.2. The van der Waals surface area contributed by atoms with Crippen molar-refractivity contribution in [2.24, 2.45) is 0 Å². The third-order valence-corrected chi connectivity index (χ3v) is 2.80. The molecule has 0 spiro atoms. The van der Waals surface area contributed by atoms with Crippen LogP contribution in [0.1, 0.15) is 6.92 Å². The van der Waals surface area contributed by atoms with Gasteiger partial charge in [-0.2, -0.15) is 0 Å². The highest BCUT2D eigenvalue weighted by Gasteiger charge is 2.13. The average molecular weight is 252 g/mol. The minimum Gasteiger partial charge on any atom is -0.383 e. The van der Waals surface area contributed by atoms with Gasteiger partial charge in [-0.1, -0.05) is 18.2 Å². The predicted octanol–water partition coefficient (Wildman–Crippen LogP) is 2.02. The lowest BCUT2D eigenvalue weighted by atomic mass is 10.3. The highest BCUT2D eigenvalue weighted by atomic mass is 16.5. The van der Waals surface area contributed by atoms with Crippen LogP contribution in [0.2, 0.25) is 0 Å². The lowest BCUT2D eigenvalue weighted by molar-refractivity contribution is 0.107. The Hall–Kier alpha value is -1.10. The molecule has 4 heteroatoms. The molecule has 0 fully saturated rings. The molecular weight excluding hydrogens is 228 g/mol. The van der Waals surface area contributed by atoms with Crippen molar-refractivity contribution in [2.45, 2.75) is 6.92 Å². The molecule has 0 aliphatic rings. The van der Waals surface area contributed by atoms with E-state index in [1.165, 1.54) is 5.69 Å². The molecule has 0 atom stereocenters. The van der Waals surface area contributed by atoms with Crippen LogP contribution in [0, 0.1) is 0 Å². The summed E-state index contributed by atoms with van der Waals surface area (Å²) in [7, 11) is 3.46. The third kappa shape index (κ3) is 4.64. The van der Waals surface area contributed by atoms with Crippen molar-refractivity contribution in [1.29, 1.82) is 0 Å². The van der Waals surface area contributed by atoms with Crippen LogP contribution in [0.25, 0.3) is 0 Å². The minimum absolute atomic E-state index is 0.715. The van der Waals surface area contributed by atoms with E-state index < -0.39 is 0 Å². The zero-order valence-corrected chi connectivity index (χ0v) is 11.6. The van der Waals surface area contributed by atoms with Crippen LogP contribution in [-0.4, -0.2) is 52.1 Å². The van der Waals surface area contributed by atoms with Crippen LogP contribution in [0.15, 0.2) is 30.3 Å². The molecule has 1 aromatic carbocycles. The zero-order valence-electron chi connectivity index (χ0n) is 11.6. The molecule has 102 valence electrons. The van der Waals surface area contributed by atoms with Crippen LogP contribution in [0.5, 0.6) is 0 Å². The Kier molecular flexibility index (Phi) is 7.41. The Bertz CT molecular complexity index is 298. The summed E-state index contributed by atoms with van der Waals surface area (Å²) in [5, 5.41) is 4.53. The van der Waals surface area contributed by atoms with E-state index in [9.17, 15) is 0 Å². The third-order valence-electron chi connectivity index (χ3n) is 2.80. The summed E-state index contributed by atoms with van der Waals surface area (Å²) in [5.74, 6) is 0. The molecule has 0 heterocycles. The van der Waals surface area contributed by atoms with Gasteiger partial charge in [-0.15, -0.1) is 0 Å². The summed E-state index contributed by atoms with van der Waals surface area (Å²) in [6.07, 6.45) is 0. The summed E-state index contributed by atoms with van der Waals surface area (Å²) in [5.41, 5.74) is 1.20. The Morgan fingerprint density at radius 3 is 1.94 bits per heavy atom. The van der Waals surface area contributed by atoms with Crippen molar-refractivity contribution in [3.63, 3.8) is 0 Å². The van der Waals surface area contributed by atoms with E-state index in [4.69, 9.17) is 9.47 Å². The first-order valence-electron chi connectivity index (χ1n) is 6.38. The van der Waals surface area contributed by atoms with Gasteiger partial charge in [0.05, 0.1) is 18.9 Å². The molecule has 0 bridgehead atoms. The van der Waals surface area contributed by atoms with E-state index in [-0.39, 0.29) is 0 Å². The van der Waals surface area contributed by atoms with Gasteiger partial charge in [0.15, 0.2) is 0 Å². The summed E-state index contributed by atoms with van der Waals surface area (Å²) >= 11 is 0. The highest BCUT2D eigenvalue weighted by Crippen LogP contribution is 2.15. The number of hydrogen-bond acceptors (Lipinski definition) is 4. The topological polar surface area (TPSA) is 24.9 Å². The Morgan fingerprint density at radius 2 is 1.50 bits per heavy atom. The van der Waals surface area contributed by atoms with E-state index in [1.54, 1.807) is 14.2 Å². The number of para-hydroxylation sites is 1. The molecule has 0 N–H and O–H groups in total. The number of methoxy groups -OCH3 is 2. The van der Waals surface area contributed by atoms with Crippen LogP contribution < -0.4 is 5.01 Å². The Balaban J connectivity index is 2.72. The monoisotopic (exact) mass is 252 g/mol. The van der Waals surface area contributed by atoms with Gasteiger partial charge in [-0.3, -0.25) is 0 Å². The molecule has 0 aliphatic carbocycles. The van der Waals surface area contributed by atoms with Gasteiger partial charge in [0.25, 0.3) is 0 Å². The highest BCUT2D eigenvalue weighted by molar-refractivity contribution is 5.44. The van der Waals surface area contributed by atoms with Gasteiger partial charge < -0.3 is 14.5 Å². The van der Waals surface area contributed by atoms with E-state index in [1.807, 2.05) is 6.07 Å². The first-order chi connectivity index (χ1) is 8.83. The van der Waals surface area contributed by atoms with Gasteiger partial charge in [0.2, 0.25) is 0 Å². The first kappa shape index (κ1) is 15.0. The second-order valence-corrected chi connectivity index (χ2v) is 3.99. The van der Waals surface area contributed by atoms with Crippen LogP contribution in [-0.2, 0) is 9.47 Å². The molecule has 0 aromatic heterocycles. The Labute approximate surface area is 110 Å². The molecule has 0 amide bonds. The van der Waals surface area contributed by atoms with Crippen molar-refractivity contribution >= 4 is 5.69 Å². The van der Waals surface area contributed by atoms with Crippen molar-refractivity contribution in [1.82, 2.24) is 5.01 Å². The Morgan fingerprint density at radius 1 is 0.944 bits per heavy atom. The lowest BCUT2D eigenvalue weighted by Crippen LogP contribution is -2.46. The van der Waals surface area contributed by atoms with Gasteiger partial charge in [-0.05, 0) is 19.1 Å². The summed E-state index contributed by atoms with van der Waals surface area (Å²) in [6, 6.07) is 10.4. The maximum absolute atomic E-state index is 5.17. The number of benzene rings is 1. The lowest BCUT2D eigenvalue weighted by Gasteiger charge is -2.35. The number of nitrogens with zero attached hydrogens (tertiary/aromatic N) is 2. The number of rotatable bonds is 9. The molecule has 0 saturated carbocycles. The number of ether oxygens (including phenoxy) is 2. The summed E-state index contributed by atoms with van der Waals surface area (Å²) in [6.45, 7) is 6.24. The van der Waals surface area contributed by atoms with Gasteiger partial charge >= 0.3 is 0 Å². The van der Waals surface area contributed by atoms with E-state index in [2.05, 4.69) is 41.2 Å². The molecule has 4 nitrogen and oxygen atoms in total. The smallest absolute Gasteiger partial charge is 0.0608 e. The summed E-state index contributed by atoms with van der Waals surface area (Å²) < 4.78 is 10.3. The minimum atomic E-state index is 0.715. The quantitative estimate of drug-likeness (QED) is 0.628. The second kappa shape index (κ2) is 8.91. The largest absolute Gasteiger partial charge is 0.383 e. The average Bonchev–Trinajstić information content (AvgIpc) is 2.43. The predicted molar refractivity (Wildman–Crippen MR) is 74.8 cm³/mol. The molecule has 0 saturated heterocycles. The molecule has 0 unspecified atom stereocenters. The second-order valence-electron chi connectivity index (χ2n) is 3.99. The fourth-order valence-corrected chi connectivity index (χ4v) is 1.89.